The highest BCUT2D eigenvalue weighted by Gasteiger charge is 2.51. The van der Waals surface area contributed by atoms with Gasteiger partial charge in [-0.05, 0) is 31.9 Å². The lowest BCUT2D eigenvalue weighted by molar-refractivity contribution is -0.140. The number of pyridine rings is 1. The van der Waals surface area contributed by atoms with Crippen LogP contribution in [0.4, 0.5) is 17.5 Å². The van der Waals surface area contributed by atoms with Crippen LogP contribution >= 0.6 is 0 Å². The van der Waals surface area contributed by atoms with Gasteiger partial charge in [0.1, 0.15) is 23.8 Å². The van der Waals surface area contributed by atoms with Crippen LogP contribution in [0.5, 0.6) is 0 Å². The van der Waals surface area contributed by atoms with Crippen molar-refractivity contribution >= 4 is 23.4 Å². The zero-order chi connectivity index (χ0) is 23.4. The summed E-state index contributed by atoms with van der Waals surface area (Å²) in [6.45, 7) is 11.1. The number of piperazine rings is 1. The first-order chi connectivity index (χ1) is 15.7. The lowest BCUT2D eigenvalue weighted by atomic mass is 9.66. The van der Waals surface area contributed by atoms with E-state index < -0.39 is 0 Å². The Hall–Kier alpha value is -3.21. The molecule has 5 rings (SSSR count). The highest BCUT2D eigenvalue weighted by Crippen LogP contribution is 2.56. The zero-order valence-electron chi connectivity index (χ0n) is 19.9. The standard InChI is InChI=1S/C25H31N7O/c1-17-14-30(23(33)24(2,3)4)10-11-31(17)21-20-22(29-16-28-21)32(15-25(20)7-5-8-25)19-12-18(13-26)6-9-27-19/h6,9,12,16-17H,5,7-8,10-11,14-15H2,1-4H3/t17-/m1/s1. The van der Waals surface area contributed by atoms with Crippen LogP contribution in [-0.2, 0) is 10.2 Å². The number of fused-ring (bicyclic) bond motifs is 2. The van der Waals surface area contributed by atoms with Gasteiger partial charge in [0.2, 0.25) is 5.91 Å². The highest BCUT2D eigenvalue weighted by molar-refractivity contribution is 5.82. The van der Waals surface area contributed by atoms with Gasteiger partial charge in [0.25, 0.3) is 0 Å². The van der Waals surface area contributed by atoms with Crippen LogP contribution in [0.3, 0.4) is 0 Å². The van der Waals surface area contributed by atoms with Crippen LogP contribution < -0.4 is 9.80 Å². The van der Waals surface area contributed by atoms with E-state index in [0.29, 0.717) is 18.7 Å². The summed E-state index contributed by atoms with van der Waals surface area (Å²) < 4.78 is 0. The SMILES string of the molecule is C[C@@H]1CN(C(=O)C(C)(C)C)CCN1c1ncnc2c1C1(CCC1)CN2c1cc(C#N)ccn1. The maximum Gasteiger partial charge on any atom is 0.228 e. The van der Waals surface area contributed by atoms with Crippen molar-refractivity contribution in [2.75, 3.05) is 36.0 Å². The number of carbonyl (C=O) groups excluding carboxylic acids is 1. The molecule has 33 heavy (non-hydrogen) atoms. The first-order valence-electron chi connectivity index (χ1n) is 11.8. The fraction of sp³-hybridized carbons (Fsp3) is 0.560. The van der Waals surface area contributed by atoms with Gasteiger partial charge in [-0.3, -0.25) is 4.79 Å². The van der Waals surface area contributed by atoms with Gasteiger partial charge in [-0.1, -0.05) is 27.2 Å². The molecule has 8 nitrogen and oxygen atoms in total. The van der Waals surface area contributed by atoms with Gasteiger partial charge in [-0.2, -0.15) is 5.26 Å². The van der Waals surface area contributed by atoms with Gasteiger partial charge in [-0.15, -0.1) is 0 Å². The maximum atomic E-state index is 12.9. The monoisotopic (exact) mass is 445 g/mol. The van der Waals surface area contributed by atoms with Gasteiger partial charge >= 0.3 is 0 Å². The summed E-state index contributed by atoms with van der Waals surface area (Å²) in [5, 5.41) is 9.36. The van der Waals surface area contributed by atoms with Crippen LogP contribution in [0.15, 0.2) is 24.7 Å². The third-order valence-electron chi connectivity index (χ3n) is 7.34. The minimum atomic E-state index is -0.375. The van der Waals surface area contributed by atoms with Crippen molar-refractivity contribution in [3.63, 3.8) is 0 Å². The Kier molecular flexibility index (Phi) is 5.04. The van der Waals surface area contributed by atoms with Crippen LogP contribution in [-0.4, -0.2) is 58.0 Å². The van der Waals surface area contributed by atoms with E-state index in [0.717, 1.165) is 43.4 Å². The van der Waals surface area contributed by atoms with Crippen LogP contribution in [0.2, 0.25) is 0 Å². The van der Waals surface area contributed by atoms with Crippen LogP contribution in [0.25, 0.3) is 0 Å². The Labute approximate surface area is 195 Å². The van der Waals surface area contributed by atoms with E-state index in [1.807, 2.05) is 31.7 Å². The summed E-state index contributed by atoms with van der Waals surface area (Å²) in [5.41, 5.74) is 1.45. The Balaban J connectivity index is 1.50. The van der Waals surface area contributed by atoms with Gasteiger partial charge in [-0.25, -0.2) is 15.0 Å². The quantitative estimate of drug-likeness (QED) is 0.700. The number of hydrogen-bond acceptors (Lipinski definition) is 7. The lowest BCUT2D eigenvalue weighted by Gasteiger charge is -2.45. The number of aromatic nitrogens is 3. The summed E-state index contributed by atoms with van der Waals surface area (Å²) in [5.74, 6) is 2.86. The molecule has 0 bridgehead atoms. The highest BCUT2D eigenvalue weighted by atomic mass is 16.2. The Morgan fingerprint density at radius 2 is 1.94 bits per heavy atom. The topological polar surface area (TPSA) is 89.3 Å². The van der Waals surface area contributed by atoms with E-state index in [2.05, 4.69) is 27.8 Å². The van der Waals surface area contributed by atoms with Gasteiger partial charge < -0.3 is 14.7 Å². The Morgan fingerprint density at radius 1 is 1.18 bits per heavy atom. The van der Waals surface area contributed by atoms with Crippen molar-refractivity contribution in [2.45, 2.75) is 58.4 Å². The third-order valence-corrected chi connectivity index (χ3v) is 7.34. The van der Waals surface area contributed by atoms with Crippen molar-refractivity contribution < 1.29 is 4.79 Å². The molecule has 1 spiro atoms. The predicted molar refractivity (Wildman–Crippen MR) is 126 cm³/mol. The molecule has 3 aliphatic rings. The fourth-order valence-electron chi connectivity index (χ4n) is 5.49. The smallest absolute Gasteiger partial charge is 0.228 e. The molecule has 1 saturated heterocycles. The lowest BCUT2D eigenvalue weighted by Crippen LogP contribution is -2.56. The second-order valence-electron chi connectivity index (χ2n) is 10.7. The van der Waals surface area contributed by atoms with Crippen molar-refractivity contribution in [1.29, 1.82) is 5.26 Å². The first-order valence-corrected chi connectivity index (χ1v) is 11.8. The van der Waals surface area contributed by atoms with Crippen molar-refractivity contribution in [2.24, 2.45) is 5.41 Å². The number of amides is 1. The molecule has 2 aromatic rings. The molecular formula is C25H31N7O. The van der Waals surface area contributed by atoms with Gasteiger partial charge in [0.05, 0.1) is 11.6 Å². The van der Waals surface area contributed by atoms with E-state index in [-0.39, 0.29) is 22.8 Å². The molecule has 1 saturated carbocycles. The largest absolute Gasteiger partial charge is 0.350 e. The molecule has 8 heteroatoms. The minimum Gasteiger partial charge on any atom is -0.350 e. The van der Waals surface area contributed by atoms with Crippen molar-refractivity contribution in [3.05, 3.63) is 35.8 Å². The summed E-state index contributed by atoms with van der Waals surface area (Å²) in [6.07, 6.45) is 6.73. The number of carbonyl (C=O) groups is 1. The summed E-state index contributed by atoms with van der Waals surface area (Å²) >= 11 is 0. The fourth-order valence-corrected chi connectivity index (χ4v) is 5.49. The second kappa shape index (κ2) is 7.68. The summed E-state index contributed by atoms with van der Waals surface area (Å²) in [6, 6.07) is 5.94. The van der Waals surface area contributed by atoms with Crippen molar-refractivity contribution in [1.82, 2.24) is 19.9 Å². The minimum absolute atomic E-state index is 0.0222. The van der Waals surface area contributed by atoms with Crippen molar-refractivity contribution in [3.8, 4) is 6.07 Å². The van der Waals surface area contributed by atoms with E-state index >= 15 is 0 Å². The molecule has 2 aliphatic heterocycles. The average Bonchev–Trinajstić information content (AvgIpc) is 3.14. The second-order valence-corrected chi connectivity index (χ2v) is 10.7. The molecule has 4 heterocycles. The normalized spacial score (nSPS) is 21.5. The van der Waals surface area contributed by atoms with Crippen LogP contribution in [0, 0.1) is 16.7 Å². The predicted octanol–water partition coefficient (Wildman–Crippen LogP) is 3.40. The zero-order valence-corrected chi connectivity index (χ0v) is 19.9. The first kappa shape index (κ1) is 21.6. The number of rotatable bonds is 2. The van der Waals surface area contributed by atoms with E-state index in [4.69, 9.17) is 9.97 Å². The molecule has 0 radical (unpaired) electrons. The molecule has 1 atom stereocenters. The summed E-state index contributed by atoms with van der Waals surface area (Å²) in [7, 11) is 0. The maximum absolute atomic E-state index is 12.9. The molecule has 1 aliphatic carbocycles. The Bertz CT molecular complexity index is 1130. The molecular weight excluding hydrogens is 414 g/mol. The van der Waals surface area contributed by atoms with Gasteiger partial charge in [0.15, 0.2) is 0 Å². The molecule has 1 amide bonds. The molecule has 172 valence electrons. The van der Waals surface area contributed by atoms with E-state index in [9.17, 15) is 10.1 Å². The van der Waals surface area contributed by atoms with Crippen LogP contribution in [0.1, 0.15) is 58.1 Å². The molecule has 0 aromatic carbocycles. The molecule has 2 aromatic heterocycles. The number of nitrogens with zero attached hydrogens (tertiary/aromatic N) is 7. The van der Waals surface area contributed by atoms with Gasteiger partial charge in [0, 0.05) is 54.8 Å². The van der Waals surface area contributed by atoms with E-state index in [1.165, 1.54) is 12.0 Å². The third kappa shape index (κ3) is 3.50. The number of hydrogen-bond donors (Lipinski definition) is 0. The van der Waals surface area contributed by atoms with E-state index in [1.54, 1.807) is 18.6 Å². The number of anilines is 3. The Morgan fingerprint density at radius 3 is 2.58 bits per heavy atom. The number of nitriles is 1. The summed E-state index contributed by atoms with van der Waals surface area (Å²) in [4.78, 5) is 33.4. The molecule has 0 unspecified atom stereocenters. The average molecular weight is 446 g/mol. The molecule has 2 fully saturated rings. The molecule has 0 N–H and O–H groups in total.